The van der Waals surface area contributed by atoms with Crippen LogP contribution in [0.25, 0.3) is 11.1 Å². The molecule has 0 saturated heterocycles. The van der Waals surface area contributed by atoms with Gasteiger partial charge in [-0.2, -0.15) is 0 Å². The first-order chi connectivity index (χ1) is 14.2. The molecule has 2 amide bonds. The molecule has 0 saturated carbocycles. The monoisotopic (exact) mass is 410 g/mol. The number of benzene rings is 2. The van der Waals surface area contributed by atoms with Crippen LogP contribution in [0.4, 0.5) is 4.79 Å². The summed E-state index contributed by atoms with van der Waals surface area (Å²) in [5, 5.41) is 14.0. The summed E-state index contributed by atoms with van der Waals surface area (Å²) in [5.41, 5.74) is 3.63. The molecule has 3 rings (SSSR count). The zero-order chi connectivity index (χ0) is 21.9. The van der Waals surface area contributed by atoms with Gasteiger partial charge in [0.25, 0.3) is 0 Å². The maximum absolute atomic E-state index is 12.4. The molecule has 1 aliphatic rings. The number of aliphatic carboxylic acids is 1. The number of hydrogen-bond donors (Lipinski definition) is 3. The third kappa shape index (κ3) is 4.79. The molecular formula is C23H26N2O5. The van der Waals surface area contributed by atoms with E-state index < -0.39 is 29.6 Å². The molecule has 1 aliphatic carbocycles. The smallest absolute Gasteiger partial charge is 0.407 e. The Morgan fingerprint density at radius 1 is 1.03 bits per heavy atom. The summed E-state index contributed by atoms with van der Waals surface area (Å²) in [4.78, 5) is 35.3. The number of carbonyl (C=O) groups excluding carboxylic acids is 2. The van der Waals surface area contributed by atoms with Gasteiger partial charge in [-0.15, -0.1) is 0 Å². The van der Waals surface area contributed by atoms with Gasteiger partial charge in [0.2, 0.25) is 5.91 Å². The van der Waals surface area contributed by atoms with Crippen LogP contribution in [0.5, 0.6) is 0 Å². The van der Waals surface area contributed by atoms with Crippen molar-refractivity contribution >= 4 is 18.0 Å². The molecule has 0 bridgehead atoms. The second-order valence-corrected chi connectivity index (χ2v) is 8.14. The van der Waals surface area contributed by atoms with E-state index in [-0.39, 0.29) is 18.9 Å². The van der Waals surface area contributed by atoms with Gasteiger partial charge in [0.1, 0.15) is 12.6 Å². The van der Waals surface area contributed by atoms with E-state index in [1.807, 2.05) is 36.4 Å². The fourth-order valence-corrected chi connectivity index (χ4v) is 3.71. The number of alkyl carbamates (subject to hydrolysis) is 1. The van der Waals surface area contributed by atoms with Crippen LogP contribution in [0.2, 0.25) is 0 Å². The standard InChI is InChI=1S/C23H26N2O5/c1-14(21(27)28)24-20(26)12-23(2,3)25-22(29)30-13-19-17-10-6-4-8-15(17)16-9-5-7-11-18(16)19/h4-11,14,19H,12-13H2,1-3H3,(H,24,26)(H,25,29)(H,27,28)/t14-/m0/s1. The highest BCUT2D eigenvalue weighted by molar-refractivity contribution is 5.84. The number of carbonyl (C=O) groups is 3. The van der Waals surface area contributed by atoms with E-state index in [0.717, 1.165) is 22.3 Å². The number of nitrogens with one attached hydrogen (secondary N) is 2. The van der Waals surface area contributed by atoms with Crippen LogP contribution in [0.3, 0.4) is 0 Å². The summed E-state index contributed by atoms with van der Waals surface area (Å²) in [7, 11) is 0. The van der Waals surface area contributed by atoms with Crippen LogP contribution in [-0.4, -0.2) is 41.3 Å². The second-order valence-electron chi connectivity index (χ2n) is 8.14. The fourth-order valence-electron chi connectivity index (χ4n) is 3.71. The van der Waals surface area contributed by atoms with Crippen LogP contribution in [0, 0.1) is 0 Å². The SMILES string of the molecule is C[C@H](NC(=O)CC(C)(C)NC(=O)OCC1c2ccccc2-c2ccccc21)C(=O)O. The largest absolute Gasteiger partial charge is 0.480 e. The van der Waals surface area contributed by atoms with Gasteiger partial charge in [-0.1, -0.05) is 48.5 Å². The lowest BCUT2D eigenvalue weighted by molar-refractivity contribution is -0.141. The van der Waals surface area contributed by atoms with Gasteiger partial charge in [-0.05, 0) is 43.0 Å². The Morgan fingerprint density at radius 3 is 2.10 bits per heavy atom. The molecule has 7 nitrogen and oxygen atoms in total. The topological polar surface area (TPSA) is 105 Å². The Bertz CT molecular complexity index is 924. The quantitative estimate of drug-likeness (QED) is 0.650. The molecule has 0 heterocycles. The predicted octanol–water partition coefficient (Wildman–Crippen LogP) is 3.28. The maximum Gasteiger partial charge on any atom is 0.407 e. The van der Waals surface area contributed by atoms with Gasteiger partial charge in [-0.25, -0.2) is 4.79 Å². The number of ether oxygens (including phenoxy) is 1. The van der Waals surface area contributed by atoms with E-state index in [9.17, 15) is 14.4 Å². The van der Waals surface area contributed by atoms with Crippen LogP contribution >= 0.6 is 0 Å². The number of carboxylic acids is 1. The van der Waals surface area contributed by atoms with E-state index in [4.69, 9.17) is 9.84 Å². The average Bonchev–Trinajstić information content (AvgIpc) is 2.99. The third-order valence-corrected chi connectivity index (χ3v) is 5.13. The molecule has 3 N–H and O–H groups in total. The van der Waals surface area contributed by atoms with Crippen molar-refractivity contribution in [1.82, 2.24) is 10.6 Å². The van der Waals surface area contributed by atoms with Crippen LogP contribution < -0.4 is 10.6 Å². The van der Waals surface area contributed by atoms with Crippen molar-refractivity contribution < 1.29 is 24.2 Å². The molecule has 0 aliphatic heterocycles. The van der Waals surface area contributed by atoms with E-state index in [1.165, 1.54) is 6.92 Å². The van der Waals surface area contributed by atoms with Crippen molar-refractivity contribution in [2.45, 2.75) is 44.7 Å². The number of carboxylic acid groups (broad SMARTS) is 1. The highest BCUT2D eigenvalue weighted by Crippen LogP contribution is 2.44. The fraction of sp³-hybridized carbons (Fsp3) is 0.348. The van der Waals surface area contributed by atoms with Crippen LogP contribution in [-0.2, 0) is 14.3 Å². The van der Waals surface area contributed by atoms with Crippen molar-refractivity contribution in [3.63, 3.8) is 0 Å². The van der Waals surface area contributed by atoms with E-state index >= 15 is 0 Å². The molecule has 0 radical (unpaired) electrons. The maximum atomic E-state index is 12.4. The second kappa shape index (κ2) is 8.57. The zero-order valence-electron chi connectivity index (χ0n) is 17.3. The number of fused-ring (bicyclic) bond motifs is 3. The lowest BCUT2D eigenvalue weighted by Crippen LogP contribution is -2.49. The number of amides is 2. The summed E-state index contributed by atoms with van der Waals surface area (Å²) in [6, 6.07) is 15.1. The minimum atomic E-state index is -1.12. The van der Waals surface area contributed by atoms with Gasteiger partial charge in [0, 0.05) is 17.9 Å². The molecule has 1 atom stereocenters. The summed E-state index contributed by atoms with van der Waals surface area (Å²) < 4.78 is 5.50. The normalized spacial score (nSPS) is 13.7. The van der Waals surface area contributed by atoms with Crippen molar-refractivity contribution in [2.24, 2.45) is 0 Å². The first-order valence-electron chi connectivity index (χ1n) is 9.83. The summed E-state index contributed by atoms with van der Waals surface area (Å²) in [6.45, 7) is 4.92. The van der Waals surface area contributed by atoms with Gasteiger partial charge in [-0.3, -0.25) is 9.59 Å². The zero-order valence-corrected chi connectivity index (χ0v) is 17.3. The Balaban J connectivity index is 1.59. The van der Waals surface area contributed by atoms with Crippen LogP contribution in [0.1, 0.15) is 44.2 Å². The van der Waals surface area contributed by atoms with E-state index in [1.54, 1.807) is 13.8 Å². The molecule has 0 fully saturated rings. The third-order valence-electron chi connectivity index (χ3n) is 5.13. The average molecular weight is 410 g/mol. The minimum absolute atomic E-state index is 0.0500. The molecule has 0 unspecified atom stereocenters. The lowest BCUT2D eigenvalue weighted by atomic mass is 9.98. The van der Waals surface area contributed by atoms with Crippen molar-refractivity contribution in [3.05, 3.63) is 59.7 Å². The van der Waals surface area contributed by atoms with Crippen molar-refractivity contribution in [1.29, 1.82) is 0 Å². The number of hydrogen-bond acceptors (Lipinski definition) is 4. The molecule has 2 aromatic carbocycles. The van der Waals surface area contributed by atoms with E-state index in [2.05, 4.69) is 22.8 Å². The first kappa shape index (κ1) is 21.4. The van der Waals surface area contributed by atoms with Gasteiger partial charge in [0.15, 0.2) is 0 Å². The van der Waals surface area contributed by atoms with Crippen molar-refractivity contribution in [3.8, 4) is 11.1 Å². The van der Waals surface area contributed by atoms with Gasteiger partial charge in [0.05, 0.1) is 0 Å². The Kier molecular flexibility index (Phi) is 6.10. The number of rotatable bonds is 7. The van der Waals surface area contributed by atoms with E-state index in [0.29, 0.717) is 0 Å². The van der Waals surface area contributed by atoms with Gasteiger partial charge < -0.3 is 20.5 Å². The highest BCUT2D eigenvalue weighted by atomic mass is 16.5. The van der Waals surface area contributed by atoms with Crippen LogP contribution in [0.15, 0.2) is 48.5 Å². The molecule has 0 aromatic heterocycles. The minimum Gasteiger partial charge on any atom is -0.480 e. The summed E-state index contributed by atoms with van der Waals surface area (Å²) in [5.74, 6) is -1.63. The lowest BCUT2D eigenvalue weighted by Gasteiger charge is -2.26. The molecule has 2 aromatic rings. The molecule has 7 heteroatoms. The summed E-state index contributed by atoms with van der Waals surface area (Å²) >= 11 is 0. The Labute approximate surface area is 175 Å². The van der Waals surface area contributed by atoms with Crippen molar-refractivity contribution in [2.75, 3.05) is 6.61 Å². The first-order valence-corrected chi connectivity index (χ1v) is 9.83. The molecule has 158 valence electrons. The van der Waals surface area contributed by atoms with Gasteiger partial charge >= 0.3 is 12.1 Å². The predicted molar refractivity (Wildman–Crippen MR) is 112 cm³/mol. The Hall–Kier alpha value is -3.35. The molecule has 30 heavy (non-hydrogen) atoms. The summed E-state index contributed by atoms with van der Waals surface area (Å²) in [6.07, 6.45) is -0.699. The Morgan fingerprint density at radius 2 is 1.57 bits per heavy atom. The highest BCUT2D eigenvalue weighted by Gasteiger charge is 2.30. The molecule has 0 spiro atoms. The molecular weight excluding hydrogens is 384 g/mol.